The van der Waals surface area contributed by atoms with Gasteiger partial charge in [-0.1, -0.05) is 72.4 Å². The van der Waals surface area contributed by atoms with E-state index in [0.29, 0.717) is 11.2 Å². The molecule has 0 fully saturated rings. The number of amidine groups is 1. The van der Waals surface area contributed by atoms with Gasteiger partial charge in [0.25, 0.3) is 0 Å². The highest BCUT2D eigenvalue weighted by atomic mass is 32.2. The largest absolute Gasteiger partial charge is 0.377 e. The second kappa shape index (κ2) is 10.5. The minimum Gasteiger partial charge on any atom is -0.377 e. The van der Waals surface area contributed by atoms with E-state index in [2.05, 4.69) is 77.5 Å². The summed E-state index contributed by atoms with van der Waals surface area (Å²) in [7, 11) is 0. The maximum Gasteiger partial charge on any atom is 0.180 e. The van der Waals surface area contributed by atoms with Gasteiger partial charge in [0.15, 0.2) is 5.17 Å². The number of hydrogen-bond acceptors (Lipinski definition) is 4. The van der Waals surface area contributed by atoms with Gasteiger partial charge in [0.1, 0.15) is 0 Å². The Morgan fingerprint density at radius 1 is 0.897 bits per heavy atom. The Morgan fingerprint density at radius 2 is 1.48 bits per heavy atom. The van der Waals surface area contributed by atoms with Crippen molar-refractivity contribution in [2.75, 3.05) is 4.90 Å². The zero-order valence-corrected chi connectivity index (χ0v) is 17.6. The van der Waals surface area contributed by atoms with Crippen LogP contribution in [-0.4, -0.2) is 17.4 Å². The van der Waals surface area contributed by atoms with E-state index >= 15 is 0 Å². The molecule has 0 bridgehead atoms. The van der Waals surface area contributed by atoms with Crippen molar-refractivity contribution in [1.82, 2.24) is 0 Å². The average molecular weight is 403 g/mol. The lowest BCUT2D eigenvalue weighted by Gasteiger charge is -2.29. The normalized spacial score (nSPS) is 11.9. The van der Waals surface area contributed by atoms with Crippen LogP contribution in [0.3, 0.4) is 0 Å². The summed E-state index contributed by atoms with van der Waals surface area (Å²) >= 11 is 1.48. The van der Waals surface area contributed by atoms with Crippen molar-refractivity contribution in [2.24, 2.45) is 15.9 Å². The van der Waals surface area contributed by atoms with E-state index in [0.717, 1.165) is 17.0 Å². The van der Waals surface area contributed by atoms with Crippen molar-refractivity contribution < 1.29 is 0 Å². The SMILES string of the molecule is CC(C)N(c1ccccc1)c1ccc(C=NN=C(N)SCc2ccccc2)cc1. The Balaban J connectivity index is 1.62. The van der Waals surface area contributed by atoms with Gasteiger partial charge in [0.2, 0.25) is 0 Å². The molecular formula is C24H26N4S. The Kier molecular flexibility index (Phi) is 7.47. The predicted molar refractivity (Wildman–Crippen MR) is 127 cm³/mol. The first kappa shape index (κ1) is 20.7. The maximum atomic E-state index is 5.94. The van der Waals surface area contributed by atoms with Gasteiger partial charge in [-0.25, -0.2) is 0 Å². The van der Waals surface area contributed by atoms with Crippen LogP contribution in [-0.2, 0) is 5.75 Å². The molecule has 5 heteroatoms. The number of hydrogen-bond donors (Lipinski definition) is 1. The summed E-state index contributed by atoms with van der Waals surface area (Å²) in [4.78, 5) is 2.30. The molecule has 148 valence electrons. The number of rotatable bonds is 7. The highest BCUT2D eigenvalue weighted by Crippen LogP contribution is 2.27. The molecular weight excluding hydrogens is 376 g/mol. The van der Waals surface area contributed by atoms with Gasteiger partial charge in [-0.05, 0) is 49.2 Å². The molecule has 0 radical (unpaired) electrons. The van der Waals surface area contributed by atoms with E-state index in [9.17, 15) is 0 Å². The minimum absolute atomic E-state index is 0.350. The van der Waals surface area contributed by atoms with E-state index in [-0.39, 0.29) is 0 Å². The van der Waals surface area contributed by atoms with Crippen molar-refractivity contribution in [2.45, 2.75) is 25.6 Å². The van der Waals surface area contributed by atoms with Crippen LogP contribution in [0.4, 0.5) is 11.4 Å². The average Bonchev–Trinajstić information content (AvgIpc) is 2.75. The fraction of sp³-hybridized carbons (Fsp3) is 0.167. The van der Waals surface area contributed by atoms with Crippen molar-refractivity contribution in [3.05, 3.63) is 96.1 Å². The maximum absolute atomic E-state index is 5.94. The second-order valence-corrected chi connectivity index (χ2v) is 7.84. The molecule has 3 rings (SSSR count). The molecule has 3 aromatic carbocycles. The number of benzene rings is 3. The molecule has 29 heavy (non-hydrogen) atoms. The molecule has 0 aromatic heterocycles. The summed E-state index contributed by atoms with van der Waals surface area (Å²) < 4.78 is 0. The van der Waals surface area contributed by atoms with Gasteiger partial charge in [0.05, 0.1) is 6.21 Å². The van der Waals surface area contributed by atoms with Crippen LogP contribution >= 0.6 is 11.8 Å². The Labute approximate surface area is 177 Å². The van der Waals surface area contributed by atoms with Crippen LogP contribution < -0.4 is 10.6 Å². The topological polar surface area (TPSA) is 54.0 Å². The van der Waals surface area contributed by atoms with Crippen molar-refractivity contribution >= 4 is 34.5 Å². The predicted octanol–water partition coefficient (Wildman–Crippen LogP) is 5.82. The van der Waals surface area contributed by atoms with Crippen LogP contribution in [0.15, 0.2) is 95.1 Å². The van der Waals surface area contributed by atoms with E-state index < -0.39 is 0 Å². The number of nitrogens with two attached hydrogens (primary N) is 1. The van der Waals surface area contributed by atoms with Crippen LogP contribution in [0.2, 0.25) is 0 Å². The van der Waals surface area contributed by atoms with Crippen LogP contribution in [0.5, 0.6) is 0 Å². The Bertz CT molecular complexity index is 936. The lowest BCUT2D eigenvalue weighted by atomic mass is 10.1. The van der Waals surface area contributed by atoms with E-state index in [1.165, 1.54) is 23.0 Å². The molecule has 0 spiro atoms. The fourth-order valence-electron chi connectivity index (χ4n) is 2.97. The fourth-order valence-corrected chi connectivity index (χ4v) is 3.58. The first-order chi connectivity index (χ1) is 14.1. The van der Waals surface area contributed by atoms with E-state index in [1.54, 1.807) is 6.21 Å². The molecule has 0 saturated carbocycles. The third kappa shape index (κ3) is 6.22. The highest BCUT2D eigenvalue weighted by molar-refractivity contribution is 8.13. The van der Waals surface area contributed by atoms with Crippen LogP contribution in [0.25, 0.3) is 0 Å². The molecule has 0 aliphatic rings. The summed E-state index contributed by atoms with van der Waals surface area (Å²) in [5.41, 5.74) is 10.5. The molecule has 0 saturated heterocycles. The second-order valence-electron chi connectivity index (χ2n) is 6.85. The quantitative estimate of drug-likeness (QED) is 0.308. The Morgan fingerprint density at radius 3 is 2.10 bits per heavy atom. The van der Waals surface area contributed by atoms with Crippen molar-refractivity contribution in [3.8, 4) is 0 Å². The Hall–Kier alpha value is -3.05. The number of anilines is 2. The lowest BCUT2D eigenvalue weighted by Crippen LogP contribution is -2.25. The zero-order chi connectivity index (χ0) is 20.5. The molecule has 0 unspecified atom stereocenters. The smallest absolute Gasteiger partial charge is 0.180 e. The molecule has 0 amide bonds. The summed E-state index contributed by atoms with van der Waals surface area (Å²) in [6.45, 7) is 4.37. The number of nitrogens with zero attached hydrogens (tertiary/aromatic N) is 3. The summed E-state index contributed by atoms with van der Waals surface area (Å²) in [5.74, 6) is 0.783. The van der Waals surface area contributed by atoms with Crippen molar-refractivity contribution in [1.29, 1.82) is 0 Å². The van der Waals surface area contributed by atoms with Gasteiger partial charge >= 0.3 is 0 Å². The van der Waals surface area contributed by atoms with Gasteiger partial charge < -0.3 is 10.6 Å². The van der Waals surface area contributed by atoms with E-state index in [1.807, 2.05) is 36.4 Å². The molecule has 2 N–H and O–H groups in total. The summed E-state index contributed by atoms with van der Waals surface area (Å²) in [6.07, 6.45) is 1.72. The van der Waals surface area contributed by atoms with Gasteiger partial charge in [-0.2, -0.15) is 5.10 Å². The van der Waals surface area contributed by atoms with Crippen LogP contribution in [0.1, 0.15) is 25.0 Å². The third-order valence-corrected chi connectivity index (χ3v) is 5.17. The van der Waals surface area contributed by atoms with E-state index in [4.69, 9.17) is 5.73 Å². The number of thioether (sulfide) groups is 1. The molecule has 4 nitrogen and oxygen atoms in total. The third-order valence-electron chi connectivity index (χ3n) is 4.31. The summed E-state index contributed by atoms with van der Waals surface area (Å²) in [5, 5.41) is 8.66. The first-order valence-corrected chi connectivity index (χ1v) is 10.6. The minimum atomic E-state index is 0.350. The molecule has 0 atom stereocenters. The first-order valence-electron chi connectivity index (χ1n) is 9.61. The number of para-hydroxylation sites is 1. The monoisotopic (exact) mass is 402 g/mol. The van der Waals surface area contributed by atoms with Gasteiger partial charge in [-0.15, -0.1) is 5.10 Å². The molecule has 3 aromatic rings. The molecule has 0 heterocycles. The standard InChI is InChI=1S/C24H26N4S/c1-19(2)28(22-11-7-4-8-12-22)23-15-13-20(14-16-23)17-26-27-24(25)29-18-21-9-5-3-6-10-21/h3-17,19H,18H2,1-2H3,(H2,25,27). The zero-order valence-electron chi connectivity index (χ0n) is 16.8. The van der Waals surface area contributed by atoms with Gasteiger partial charge in [0, 0.05) is 23.2 Å². The lowest BCUT2D eigenvalue weighted by molar-refractivity contribution is 0.789. The van der Waals surface area contributed by atoms with Crippen molar-refractivity contribution in [3.63, 3.8) is 0 Å². The van der Waals surface area contributed by atoms with Gasteiger partial charge in [-0.3, -0.25) is 0 Å². The molecule has 0 aliphatic carbocycles. The molecule has 0 aliphatic heterocycles. The van der Waals surface area contributed by atoms with Crippen LogP contribution in [0, 0.1) is 0 Å². The highest BCUT2D eigenvalue weighted by Gasteiger charge is 2.12. The summed E-state index contributed by atoms with van der Waals surface area (Å²) in [6, 6.07) is 29.2.